The van der Waals surface area contributed by atoms with E-state index in [1.165, 1.54) is 12.1 Å². The summed E-state index contributed by atoms with van der Waals surface area (Å²) in [5.41, 5.74) is -0.414. The molecule has 0 amide bonds. The summed E-state index contributed by atoms with van der Waals surface area (Å²) in [6.45, 7) is 2.15. The van der Waals surface area contributed by atoms with E-state index in [2.05, 4.69) is 14.9 Å². The van der Waals surface area contributed by atoms with E-state index in [1.54, 1.807) is 17.0 Å². The van der Waals surface area contributed by atoms with Gasteiger partial charge in [-0.15, -0.1) is 0 Å². The summed E-state index contributed by atoms with van der Waals surface area (Å²) in [6.07, 6.45) is 1.16. The lowest BCUT2D eigenvalue weighted by Gasteiger charge is -2.36. The summed E-state index contributed by atoms with van der Waals surface area (Å²) < 4.78 is 13.0. The van der Waals surface area contributed by atoms with Crippen molar-refractivity contribution >= 4 is 17.2 Å². The number of aromatic amines is 1. The van der Waals surface area contributed by atoms with E-state index in [1.807, 2.05) is 0 Å². The zero-order valence-electron chi connectivity index (χ0n) is 12.1. The molecule has 0 unspecified atom stereocenters. The van der Waals surface area contributed by atoms with Crippen LogP contribution < -0.4 is 15.4 Å². The van der Waals surface area contributed by atoms with Crippen LogP contribution in [0.5, 0.6) is 0 Å². The van der Waals surface area contributed by atoms with Gasteiger partial charge in [0.05, 0.1) is 11.3 Å². The first-order valence-electron chi connectivity index (χ1n) is 7.04. The molecule has 1 fully saturated rings. The van der Waals surface area contributed by atoms with Gasteiger partial charge in [0.2, 0.25) is 5.82 Å². The predicted molar refractivity (Wildman–Crippen MR) is 82.3 cm³/mol. The monoisotopic (exact) mass is 319 g/mol. The number of piperazine rings is 1. The Bertz CT molecular complexity index is 769. The lowest BCUT2D eigenvalue weighted by molar-refractivity contribution is -0.385. The lowest BCUT2D eigenvalue weighted by Crippen LogP contribution is -2.47. The molecule has 1 aliphatic rings. The van der Waals surface area contributed by atoms with Gasteiger partial charge in [-0.1, -0.05) is 0 Å². The van der Waals surface area contributed by atoms with Gasteiger partial charge in [0.25, 0.3) is 0 Å². The van der Waals surface area contributed by atoms with Crippen molar-refractivity contribution in [1.82, 2.24) is 9.97 Å². The molecule has 1 aromatic heterocycles. The summed E-state index contributed by atoms with van der Waals surface area (Å²) in [5.74, 6) is -0.215. The summed E-state index contributed by atoms with van der Waals surface area (Å²) in [4.78, 5) is 31.9. The fourth-order valence-corrected chi connectivity index (χ4v) is 2.61. The van der Waals surface area contributed by atoms with E-state index in [9.17, 15) is 19.3 Å². The van der Waals surface area contributed by atoms with Crippen molar-refractivity contribution in [3.8, 4) is 0 Å². The van der Waals surface area contributed by atoms with Gasteiger partial charge < -0.3 is 14.8 Å². The van der Waals surface area contributed by atoms with Crippen molar-refractivity contribution in [2.75, 3.05) is 36.0 Å². The molecule has 0 saturated carbocycles. The van der Waals surface area contributed by atoms with Crippen LogP contribution in [0.3, 0.4) is 0 Å². The lowest BCUT2D eigenvalue weighted by atomic mass is 10.2. The zero-order chi connectivity index (χ0) is 16.4. The van der Waals surface area contributed by atoms with Crippen molar-refractivity contribution < 1.29 is 9.31 Å². The zero-order valence-corrected chi connectivity index (χ0v) is 12.1. The maximum Gasteiger partial charge on any atom is 0.375 e. The average molecular weight is 319 g/mol. The second-order valence-corrected chi connectivity index (χ2v) is 5.11. The maximum absolute atomic E-state index is 13.0. The Hall–Kier alpha value is -2.97. The molecule has 0 spiro atoms. The highest BCUT2D eigenvalue weighted by Crippen LogP contribution is 2.23. The minimum Gasteiger partial charge on any atom is -0.368 e. The van der Waals surface area contributed by atoms with E-state index >= 15 is 0 Å². The van der Waals surface area contributed by atoms with E-state index in [0.29, 0.717) is 26.2 Å². The van der Waals surface area contributed by atoms with Crippen LogP contribution in [0.25, 0.3) is 0 Å². The van der Waals surface area contributed by atoms with Crippen LogP contribution >= 0.6 is 0 Å². The van der Waals surface area contributed by atoms with E-state index in [0.717, 1.165) is 12.0 Å². The van der Waals surface area contributed by atoms with Crippen LogP contribution in [0.15, 0.2) is 35.4 Å². The van der Waals surface area contributed by atoms with E-state index < -0.39 is 16.2 Å². The number of hydrogen-bond acceptors (Lipinski definition) is 6. The first-order valence-corrected chi connectivity index (χ1v) is 7.04. The quantitative estimate of drug-likeness (QED) is 0.673. The molecule has 0 atom stereocenters. The predicted octanol–water partition coefficient (Wildman–Crippen LogP) is 1.14. The van der Waals surface area contributed by atoms with Gasteiger partial charge in [0.15, 0.2) is 0 Å². The number of halogens is 1. The smallest absolute Gasteiger partial charge is 0.368 e. The highest BCUT2D eigenvalue weighted by Gasteiger charge is 2.28. The first-order chi connectivity index (χ1) is 11.1. The SMILES string of the molecule is O=c1[nH]cnc(N2CCN(c3ccc(F)cc3)CC2)c1[N+](=O)[O-]. The summed E-state index contributed by atoms with van der Waals surface area (Å²) in [5, 5.41) is 11.1. The Morgan fingerprint density at radius 1 is 1.13 bits per heavy atom. The van der Waals surface area contributed by atoms with Gasteiger partial charge in [-0.05, 0) is 24.3 Å². The molecule has 3 rings (SSSR count). The van der Waals surface area contributed by atoms with Crippen molar-refractivity contribution in [3.05, 3.63) is 56.9 Å². The molecule has 1 aliphatic heterocycles. The Kier molecular flexibility index (Phi) is 3.92. The summed E-state index contributed by atoms with van der Waals surface area (Å²) >= 11 is 0. The molecule has 9 heteroatoms. The molecule has 2 heterocycles. The third kappa shape index (κ3) is 2.98. The third-order valence-corrected chi connectivity index (χ3v) is 3.76. The van der Waals surface area contributed by atoms with Crippen molar-refractivity contribution in [2.24, 2.45) is 0 Å². The van der Waals surface area contributed by atoms with Gasteiger partial charge in [0, 0.05) is 31.9 Å². The van der Waals surface area contributed by atoms with Gasteiger partial charge in [-0.2, -0.15) is 0 Å². The molecular weight excluding hydrogens is 305 g/mol. The number of rotatable bonds is 3. The summed E-state index contributed by atoms with van der Waals surface area (Å²) in [7, 11) is 0. The number of benzene rings is 1. The molecule has 0 bridgehead atoms. The molecule has 2 aromatic rings. The van der Waals surface area contributed by atoms with E-state index in [-0.39, 0.29) is 11.6 Å². The van der Waals surface area contributed by atoms with Crippen molar-refractivity contribution in [3.63, 3.8) is 0 Å². The average Bonchev–Trinajstić information content (AvgIpc) is 2.55. The molecule has 1 N–H and O–H groups in total. The number of nitrogens with one attached hydrogen (secondary N) is 1. The molecular formula is C14H14FN5O3. The highest BCUT2D eigenvalue weighted by atomic mass is 19.1. The fraction of sp³-hybridized carbons (Fsp3) is 0.286. The molecule has 120 valence electrons. The van der Waals surface area contributed by atoms with Gasteiger partial charge in [-0.25, -0.2) is 9.37 Å². The molecule has 23 heavy (non-hydrogen) atoms. The second kappa shape index (κ2) is 6.03. The normalized spacial score (nSPS) is 14.8. The number of nitro groups is 1. The van der Waals surface area contributed by atoms with Gasteiger partial charge in [0.1, 0.15) is 5.82 Å². The van der Waals surface area contributed by atoms with Crippen molar-refractivity contribution in [1.29, 1.82) is 0 Å². The number of nitrogens with zero attached hydrogens (tertiary/aromatic N) is 4. The topological polar surface area (TPSA) is 95.4 Å². The number of hydrogen-bond donors (Lipinski definition) is 1. The number of anilines is 2. The van der Waals surface area contributed by atoms with Gasteiger partial charge >= 0.3 is 11.2 Å². The second-order valence-electron chi connectivity index (χ2n) is 5.11. The van der Waals surface area contributed by atoms with Crippen LogP contribution in [-0.4, -0.2) is 41.1 Å². The van der Waals surface area contributed by atoms with E-state index in [4.69, 9.17) is 0 Å². The van der Waals surface area contributed by atoms with Crippen LogP contribution in [0, 0.1) is 15.9 Å². The molecule has 0 radical (unpaired) electrons. The fourth-order valence-electron chi connectivity index (χ4n) is 2.61. The standard InChI is InChI=1S/C14H14FN5O3/c15-10-1-3-11(4-2-10)18-5-7-19(8-6-18)13-12(20(22)23)14(21)17-9-16-13/h1-4,9H,5-8H2,(H,16,17,21). The molecule has 8 nitrogen and oxygen atoms in total. The minimum atomic E-state index is -0.763. The van der Waals surface area contributed by atoms with Crippen LogP contribution in [0.4, 0.5) is 21.6 Å². The van der Waals surface area contributed by atoms with Crippen LogP contribution in [-0.2, 0) is 0 Å². The maximum atomic E-state index is 13.0. The summed E-state index contributed by atoms with van der Waals surface area (Å²) in [6, 6.07) is 6.17. The Labute approximate surface area is 130 Å². The Morgan fingerprint density at radius 2 is 1.74 bits per heavy atom. The largest absolute Gasteiger partial charge is 0.375 e. The Balaban J connectivity index is 1.77. The van der Waals surface area contributed by atoms with Crippen LogP contribution in [0.2, 0.25) is 0 Å². The van der Waals surface area contributed by atoms with Crippen LogP contribution in [0.1, 0.15) is 0 Å². The number of H-pyrrole nitrogens is 1. The van der Waals surface area contributed by atoms with Crippen molar-refractivity contribution in [2.45, 2.75) is 0 Å². The molecule has 1 aromatic carbocycles. The third-order valence-electron chi connectivity index (χ3n) is 3.76. The highest BCUT2D eigenvalue weighted by molar-refractivity contribution is 5.57. The molecule has 0 aliphatic carbocycles. The molecule has 1 saturated heterocycles. The first kappa shape index (κ1) is 14.9. The minimum absolute atomic E-state index is 0.0810. The number of aromatic nitrogens is 2. The Morgan fingerprint density at radius 3 is 2.35 bits per heavy atom. The van der Waals surface area contributed by atoms with Gasteiger partial charge in [-0.3, -0.25) is 14.9 Å².